The first-order valence-corrected chi connectivity index (χ1v) is 6.41. The lowest BCUT2D eigenvalue weighted by molar-refractivity contribution is -0.122. The standard InChI is InChI=1S/C12H16N2O3S/c1-7(2)6-11(16)13-14-12(17)10-5-4-9(18-10)8(3)15/h4-5,7H,6H2,1-3H3,(H,13,16)(H,14,17). The maximum atomic E-state index is 11.6. The van der Waals surface area contributed by atoms with E-state index in [1.54, 1.807) is 12.1 Å². The van der Waals surface area contributed by atoms with Crippen LogP contribution in [0.1, 0.15) is 46.5 Å². The monoisotopic (exact) mass is 268 g/mol. The first-order valence-electron chi connectivity index (χ1n) is 5.60. The van der Waals surface area contributed by atoms with E-state index >= 15 is 0 Å². The lowest BCUT2D eigenvalue weighted by Gasteiger charge is -2.07. The SMILES string of the molecule is CC(=O)c1ccc(C(=O)NNC(=O)CC(C)C)s1. The molecule has 0 radical (unpaired) electrons. The second kappa shape index (κ2) is 6.30. The third-order valence-electron chi connectivity index (χ3n) is 2.09. The number of thiophene rings is 1. The smallest absolute Gasteiger partial charge is 0.279 e. The van der Waals surface area contributed by atoms with E-state index in [2.05, 4.69) is 10.9 Å². The van der Waals surface area contributed by atoms with Crippen molar-refractivity contribution >= 4 is 28.9 Å². The van der Waals surface area contributed by atoms with Crippen LogP contribution in [0.4, 0.5) is 0 Å². The Kier molecular flexibility index (Phi) is 5.03. The zero-order valence-electron chi connectivity index (χ0n) is 10.6. The number of hydrogen-bond acceptors (Lipinski definition) is 4. The summed E-state index contributed by atoms with van der Waals surface area (Å²) in [5.74, 6) is -0.498. The van der Waals surface area contributed by atoms with Gasteiger partial charge in [-0.2, -0.15) is 0 Å². The Labute approximate surface area is 110 Å². The second-order valence-electron chi connectivity index (χ2n) is 4.32. The van der Waals surface area contributed by atoms with Crippen molar-refractivity contribution in [3.05, 3.63) is 21.9 Å². The maximum absolute atomic E-state index is 11.6. The Morgan fingerprint density at radius 3 is 2.28 bits per heavy atom. The van der Waals surface area contributed by atoms with Gasteiger partial charge in [0.15, 0.2) is 5.78 Å². The number of ketones is 1. The fourth-order valence-electron chi connectivity index (χ4n) is 1.26. The number of amides is 2. The summed E-state index contributed by atoms with van der Waals surface area (Å²) in [5.41, 5.74) is 4.65. The molecule has 2 amide bonds. The normalized spacial score (nSPS) is 10.2. The Bertz CT molecular complexity index is 466. The summed E-state index contributed by atoms with van der Waals surface area (Å²) in [7, 11) is 0. The number of nitrogens with one attached hydrogen (secondary N) is 2. The van der Waals surface area contributed by atoms with Gasteiger partial charge in [-0.15, -0.1) is 11.3 Å². The highest BCUT2D eigenvalue weighted by Gasteiger charge is 2.12. The summed E-state index contributed by atoms with van der Waals surface area (Å²) in [6, 6.07) is 3.16. The van der Waals surface area contributed by atoms with Crippen LogP contribution < -0.4 is 10.9 Å². The van der Waals surface area contributed by atoms with Gasteiger partial charge < -0.3 is 0 Å². The summed E-state index contributed by atoms with van der Waals surface area (Å²) in [6.07, 6.45) is 0.351. The van der Waals surface area contributed by atoms with E-state index in [0.29, 0.717) is 16.2 Å². The molecule has 0 aromatic carbocycles. The molecule has 0 spiro atoms. The summed E-state index contributed by atoms with van der Waals surface area (Å²) >= 11 is 1.10. The minimum Gasteiger partial charge on any atom is -0.294 e. The van der Waals surface area contributed by atoms with E-state index in [4.69, 9.17) is 0 Å². The van der Waals surface area contributed by atoms with Crippen LogP contribution in [0, 0.1) is 5.92 Å². The molecule has 0 saturated carbocycles. The number of hydrogen-bond donors (Lipinski definition) is 2. The van der Waals surface area contributed by atoms with Gasteiger partial charge in [-0.1, -0.05) is 13.8 Å². The molecular formula is C12H16N2O3S. The maximum Gasteiger partial charge on any atom is 0.279 e. The van der Waals surface area contributed by atoms with E-state index in [9.17, 15) is 14.4 Å². The van der Waals surface area contributed by atoms with Gasteiger partial charge in [0.05, 0.1) is 9.75 Å². The number of carbonyl (C=O) groups excluding carboxylic acids is 3. The molecule has 18 heavy (non-hydrogen) atoms. The van der Waals surface area contributed by atoms with Crippen molar-refractivity contribution in [2.75, 3.05) is 0 Å². The first-order chi connectivity index (χ1) is 8.40. The average Bonchev–Trinajstić information content (AvgIpc) is 2.74. The largest absolute Gasteiger partial charge is 0.294 e. The van der Waals surface area contributed by atoms with Crippen molar-refractivity contribution in [3.8, 4) is 0 Å². The molecule has 0 unspecified atom stereocenters. The molecule has 5 nitrogen and oxygen atoms in total. The van der Waals surface area contributed by atoms with Gasteiger partial charge in [0, 0.05) is 6.42 Å². The molecule has 1 heterocycles. The van der Waals surface area contributed by atoms with Crippen LogP contribution in [-0.4, -0.2) is 17.6 Å². The number of Topliss-reactive ketones (excluding diaryl/α,β-unsaturated/α-hetero) is 1. The lowest BCUT2D eigenvalue weighted by Crippen LogP contribution is -2.41. The summed E-state index contributed by atoms with van der Waals surface area (Å²) < 4.78 is 0. The van der Waals surface area contributed by atoms with Gasteiger partial charge in [-0.05, 0) is 25.0 Å². The van der Waals surface area contributed by atoms with Crippen LogP contribution in [0.5, 0.6) is 0 Å². The topological polar surface area (TPSA) is 75.3 Å². The molecule has 1 aromatic heterocycles. The average molecular weight is 268 g/mol. The van der Waals surface area contributed by atoms with E-state index in [1.807, 2.05) is 13.8 Å². The molecular weight excluding hydrogens is 252 g/mol. The van der Waals surface area contributed by atoms with Gasteiger partial charge in [-0.3, -0.25) is 25.2 Å². The number of hydrazine groups is 1. The highest BCUT2D eigenvalue weighted by Crippen LogP contribution is 2.16. The zero-order chi connectivity index (χ0) is 13.7. The lowest BCUT2D eigenvalue weighted by atomic mass is 10.1. The molecule has 0 atom stereocenters. The molecule has 98 valence electrons. The Hall–Kier alpha value is -1.69. The van der Waals surface area contributed by atoms with Crippen molar-refractivity contribution < 1.29 is 14.4 Å². The van der Waals surface area contributed by atoms with Gasteiger partial charge in [0.1, 0.15) is 0 Å². The summed E-state index contributed by atoms with van der Waals surface area (Å²) in [4.78, 5) is 35.0. The summed E-state index contributed by atoms with van der Waals surface area (Å²) in [6.45, 7) is 5.28. The van der Waals surface area contributed by atoms with E-state index < -0.39 is 5.91 Å². The third kappa shape index (κ3) is 4.29. The zero-order valence-corrected chi connectivity index (χ0v) is 11.4. The second-order valence-corrected chi connectivity index (χ2v) is 5.40. The molecule has 0 saturated heterocycles. The molecule has 0 aliphatic carbocycles. The van der Waals surface area contributed by atoms with Crippen LogP contribution in [0.25, 0.3) is 0 Å². The number of rotatable bonds is 4. The van der Waals surface area contributed by atoms with Crippen molar-refractivity contribution in [1.29, 1.82) is 0 Å². The van der Waals surface area contributed by atoms with Gasteiger partial charge in [0.25, 0.3) is 5.91 Å². The predicted octanol–water partition coefficient (Wildman–Crippen LogP) is 1.76. The highest BCUT2D eigenvalue weighted by atomic mass is 32.1. The van der Waals surface area contributed by atoms with E-state index in [1.165, 1.54) is 6.92 Å². The minimum absolute atomic E-state index is 0.0807. The molecule has 1 rings (SSSR count). The van der Waals surface area contributed by atoms with Gasteiger partial charge in [-0.25, -0.2) is 0 Å². The van der Waals surface area contributed by atoms with Crippen LogP contribution in [-0.2, 0) is 4.79 Å². The van der Waals surface area contributed by atoms with Crippen molar-refractivity contribution in [3.63, 3.8) is 0 Å². The molecule has 2 N–H and O–H groups in total. The summed E-state index contributed by atoms with van der Waals surface area (Å²) in [5, 5.41) is 0. The van der Waals surface area contributed by atoms with Crippen molar-refractivity contribution in [2.24, 2.45) is 5.92 Å². The molecule has 0 fully saturated rings. The van der Waals surface area contributed by atoms with Crippen LogP contribution >= 0.6 is 11.3 Å². The Balaban J connectivity index is 2.50. The predicted molar refractivity (Wildman–Crippen MR) is 69.4 cm³/mol. The highest BCUT2D eigenvalue weighted by molar-refractivity contribution is 7.15. The molecule has 0 aliphatic rings. The van der Waals surface area contributed by atoms with Crippen LogP contribution in [0.3, 0.4) is 0 Å². The molecule has 1 aromatic rings. The van der Waals surface area contributed by atoms with E-state index in [0.717, 1.165) is 11.3 Å². The fraction of sp³-hybridized carbons (Fsp3) is 0.417. The quantitative estimate of drug-likeness (QED) is 0.645. The molecule has 0 aliphatic heterocycles. The minimum atomic E-state index is -0.412. The molecule has 6 heteroatoms. The first kappa shape index (κ1) is 14.4. The van der Waals surface area contributed by atoms with Crippen LogP contribution in [0.2, 0.25) is 0 Å². The van der Waals surface area contributed by atoms with E-state index in [-0.39, 0.29) is 17.6 Å². The Morgan fingerprint density at radius 2 is 1.78 bits per heavy atom. The number of carbonyl (C=O) groups is 3. The fourth-order valence-corrected chi connectivity index (χ4v) is 2.06. The van der Waals surface area contributed by atoms with Gasteiger partial charge in [0.2, 0.25) is 5.91 Å². The Morgan fingerprint density at radius 1 is 1.17 bits per heavy atom. The third-order valence-corrected chi connectivity index (χ3v) is 3.27. The van der Waals surface area contributed by atoms with Crippen molar-refractivity contribution in [1.82, 2.24) is 10.9 Å². The van der Waals surface area contributed by atoms with Crippen molar-refractivity contribution in [2.45, 2.75) is 27.2 Å². The van der Waals surface area contributed by atoms with Gasteiger partial charge >= 0.3 is 0 Å². The van der Waals surface area contributed by atoms with Crippen LogP contribution in [0.15, 0.2) is 12.1 Å². The molecule has 0 bridgehead atoms.